The SMILES string of the molecule is CCCOCCNCCO[C@H]1OC(C)[C@@H](C)C(O)C1OC(=O)c1ccccc1. The van der Waals surface area contributed by atoms with Crippen LogP contribution in [-0.2, 0) is 18.9 Å². The number of aliphatic hydroxyl groups is 1. The van der Waals surface area contributed by atoms with Gasteiger partial charge in [0.15, 0.2) is 12.4 Å². The maximum Gasteiger partial charge on any atom is 0.338 e. The van der Waals surface area contributed by atoms with Crippen molar-refractivity contribution >= 4 is 5.97 Å². The Morgan fingerprint density at radius 3 is 2.57 bits per heavy atom. The summed E-state index contributed by atoms with van der Waals surface area (Å²) >= 11 is 0. The summed E-state index contributed by atoms with van der Waals surface area (Å²) in [6.07, 6.45) is -1.76. The number of nitrogens with one attached hydrogen (secondary N) is 1. The minimum Gasteiger partial charge on any atom is -0.451 e. The first-order valence-electron chi connectivity index (χ1n) is 10.0. The molecule has 0 radical (unpaired) electrons. The zero-order chi connectivity index (χ0) is 20.4. The van der Waals surface area contributed by atoms with Crippen molar-refractivity contribution in [1.82, 2.24) is 5.32 Å². The normalized spacial score (nSPS) is 27.5. The summed E-state index contributed by atoms with van der Waals surface area (Å²) in [5, 5.41) is 13.8. The van der Waals surface area contributed by atoms with Crippen LogP contribution < -0.4 is 5.32 Å². The molecule has 0 bridgehead atoms. The van der Waals surface area contributed by atoms with Crippen molar-refractivity contribution in [1.29, 1.82) is 0 Å². The fraction of sp³-hybridized carbons (Fsp3) is 0.667. The molecule has 2 rings (SSSR count). The van der Waals surface area contributed by atoms with Gasteiger partial charge in [-0.05, 0) is 25.5 Å². The fourth-order valence-corrected chi connectivity index (χ4v) is 2.94. The summed E-state index contributed by atoms with van der Waals surface area (Å²) in [5.41, 5.74) is 0.425. The van der Waals surface area contributed by atoms with E-state index in [1.807, 2.05) is 19.9 Å². The van der Waals surface area contributed by atoms with Gasteiger partial charge in [-0.2, -0.15) is 0 Å². The highest BCUT2D eigenvalue weighted by molar-refractivity contribution is 5.89. The maximum atomic E-state index is 12.4. The Morgan fingerprint density at radius 1 is 1.14 bits per heavy atom. The van der Waals surface area contributed by atoms with Gasteiger partial charge >= 0.3 is 5.97 Å². The number of carbonyl (C=O) groups is 1. The number of ether oxygens (including phenoxy) is 4. The van der Waals surface area contributed by atoms with Crippen molar-refractivity contribution in [2.75, 3.05) is 32.9 Å². The summed E-state index contributed by atoms with van der Waals surface area (Å²) in [5.74, 6) is -0.683. The van der Waals surface area contributed by atoms with E-state index in [2.05, 4.69) is 12.2 Å². The Morgan fingerprint density at radius 2 is 1.86 bits per heavy atom. The van der Waals surface area contributed by atoms with E-state index in [1.165, 1.54) is 0 Å². The van der Waals surface area contributed by atoms with Crippen LogP contribution in [0.2, 0.25) is 0 Å². The molecule has 1 saturated heterocycles. The molecule has 0 amide bonds. The van der Waals surface area contributed by atoms with Gasteiger partial charge in [0.2, 0.25) is 0 Å². The number of hydrogen-bond donors (Lipinski definition) is 2. The summed E-state index contributed by atoms with van der Waals surface area (Å²) in [6.45, 7) is 8.94. The molecule has 1 aromatic rings. The van der Waals surface area contributed by atoms with Crippen LogP contribution in [0.25, 0.3) is 0 Å². The van der Waals surface area contributed by atoms with E-state index < -0.39 is 24.5 Å². The Kier molecular flexibility index (Phi) is 9.87. The summed E-state index contributed by atoms with van der Waals surface area (Å²) in [6, 6.07) is 8.69. The Labute approximate surface area is 167 Å². The number of rotatable bonds is 11. The van der Waals surface area contributed by atoms with Crippen molar-refractivity contribution in [2.45, 2.75) is 51.8 Å². The average molecular weight is 395 g/mol. The number of aliphatic hydroxyl groups excluding tert-OH is 1. The van der Waals surface area contributed by atoms with Gasteiger partial charge in [-0.1, -0.05) is 32.0 Å². The third kappa shape index (κ3) is 6.83. The molecule has 1 aromatic carbocycles. The number of benzene rings is 1. The monoisotopic (exact) mass is 395 g/mol. The minimum atomic E-state index is -0.883. The van der Waals surface area contributed by atoms with Crippen LogP contribution in [0.3, 0.4) is 0 Å². The molecule has 2 N–H and O–H groups in total. The minimum absolute atomic E-state index is 0.178. The largest absolute Gasteiger partial charge is 0.451 e. The lowest BCUT2D eigenvalue weighted by Crippen LogP contribution is -2.55. The van der Waals surface area contributed by atoms with E-state index in [0.29, 0.717) is 25.3 Å². The van der Waals surface area contributed by atoms with E-state index in [9.17, 15) is 9.90 Å². The predicted octanol–water partition coefficient (Wildman–Crippen LogP) is 1.99. The van der Waals surface area contributed by atoms with Gasteiger partial charge in [-0.3, -0.25) is 0 Å². The van der Waals surface area contributed by atoms with E-state index in [1.54, 1.807) is 24.3 Å². The molecule has 1 heterocycles. The molecule has 5 atom stereocenters. The zero-order valence-corrected chi connectivity index (χ0v) is 17.0. The second-order valence-corrected chi connectivity index (χ2v) is 7.03. The molecule has 0 spiro atoms. The molecule has 1 aliphatic rings. The molecule has 1 aliphatic heterocycles. The van der Waals surface area contributed by atoms with Gasteiger partial charge in [0.1, 0.15) is 6.10 Å². The van der Waals surface area contributed by atoms with Gasteiger partial charge in [0, 0.05) is 25.6 Å². The third-order valence-electron chi connectivity index (χ3n) is 4.82. The van der Waals surface area contributed by atoms with Crippen LogP contribution in [0, 0.1) is 5.92 Å². The second-order valence-electron chi connectivity index (χ2n) is 7.03. The molecule has 7 nitrogen and oxygen atoms in total. The first-order valence-corrected chi connectivity index (χ1v) is 10.0. The molecule has 1 fully saturated rings. The Balaban J connectivity index is 1.85. The first kappa shape index (κ1) is 22.8. The van der Waals surface area contributed by atoms with Crippen molar-refractivity contribution in [3.05, 3.63) is 35.9 Å². The molecule has 0 saturated carbocycles. The summed E-state index contributed by atoms with van der Waals surface area (Å²) in [4.78, 5) is 12.4. The van der Waals surface area contributed by atoms with Crippen molar-refractivity contribution in [3.8, 4) is 0 Å². The highest BCUT2D eigenvalue weighted by Crippen LogP contribution is 2.29. The van der Waals surface area contributed by atoms with Crippen molar-refractivity contribution < 1.29 is 28.8 Å². The fourth-order valence-electron chi connectivity index (χ4n) is 2.94. The second kappa shape index (κ2) is 12.1. The van der Waals surface area contributed by atoms with E-state index in [4.69, 9.17) is 18.9 Å². The number of esters is 1. The van der Waals surface area contributed by atoms with Crippen molar-refractivity contribution in [3.63, 3.8) is 0 Å². The molecule has 0 aromatic heterocycles. The number of carbonyl (C=O) groups excluding carboxylic acids is 1. The first-order chi connectivity index (χ1) is 13.5. The third-order valence-corrected chi connectivity index (χ3v) is 4.82. The van der Waals surface area contributed by atoms with E-state index in [-0.39, 0.29) is 12.0 Å². The van der Waals surface area contributed by atoms with E-state index >= 15 is 0 Å². The highest BCUT2D eigenvalue weighted by Gasteiger charge is 2.44. The Hall–Kier alpha value is -1.51. The summed E-state index contributed by atoms with van der Waals surface area (Å²) in [7, 11) is 0. The zero-order valence-electron chi connectivity index (χ0n) is 17.0. The van der Waals surface area contributed by atoms with Gasteiger partial charge in [-0.15, -0.1) is 0 Å². The average Bonchev–Trinajstić information content (AvgIpc) is 2.71. The lowest BCUT2D eigenvalue weighted by Gasteiger charge is -2.41. The molecule has 158 valence electrons. The number of hydrogen-bond acceptors (Lipinski definition) is 7. The lowest BCUT2D eigenvalue weighted by atomic mass is 9.91. The maximum absolute atomic E-state index is 12.4. The van der Waals surface area contributed by atoms with Crippen LogP contribution in [0.15, 0.2) is 30.3 Å². The van der Waals surface area contributed by atoms with Crippen LogP contribution in [0.5, 0.6) is 0 Å². The molecule has 0 aliphatic carbocycles. The van der Waals surface area contributed by atoms with E-state index in [0.717, 1.165) is 19.6 Å². The Bertz CT molecular complexity index is 569. The van der Waals surface area contributed by atoms with Gasteiger partial charge < -0.3 is 29.4 Å². The highest BCUT2D eigenvalue weighted by atomic mass is 16.7. The van der Waals surface area contributed by atoms with Crippen molar-refractivity contribution in [2.24, 2.45) is 5.92 Å². The molecule has 28 heavy (non-hydrogen) atoms. The molecule has 3 unspecified atom stereocenters. The van der Waals surface area contributed by atoms with Crippen LogP contribution in [0.1, 0.15) is 37.6 Å². The van der Waals surface area contributed by atoms with Gasteiger partial charge in [0.25, 0.3) is 0 Å². The standard InChI is InChI=1S/C21H33NO6/c1-4-12-25-13-10-22-11-14-26-21-19(18(23)15(2)16(3)27-21)28-20(24)17-8-6-5-7-9-17/h5-9,15-16,18-19,21-23H,4,10-14H2,1-3H3/t15-,16?,18?,19?,21+/m1/s1. The van der Waals surface area contributed by atoms with Gasteiger partial charge in [-0.25, -0.2) is 4.79 Å². The van der Waals surface area contributed by atoms with Gasteiger partial charge in [0.05, 0.1) is 24.9 Å². The lowest BCUT2D eigenvalue weighted by molar-refractivity contribution is -0.278. The van der Waals surface area contributed by atoms with Crippen LogP contribution >= 0.6 is 0 Å². The molecular weight excluding hydrogens is 362 g/mol. The topological polar surface area (TPSA) is 86.2 Å². The van der Waals surface area contributed by atoms with Crippen LogP contribution in [0.4, 0.5) is 0 Å². The quantitative estimate of drug-likeness (QED) is 0.438. The predicted molar refractivity (Wildman–Crippen MR) is 105 cm³/mol. The smallest absolute Gasteiger partial charge is 0.338 e. The summed E-state index contributed by atoms with van der Waals surface area (Å²) < 4.78 is 22.6. The molecule has 7 heteroatoms. The van der Waals surface area contributed by atoms with Crippen LogP contribution in [-0.4, -0.2) is 68.6 Å². The molecular formula is C21H33NO6.